The van der Waals surface area contributed by atoms with E-state index in [1.807, 2.05) is 60.7 Å². The van der Waals surface area contributed by atoms with Crippen molar-refractivity contribution in [2.45, 2.75) is 6.61 Å². The van der Waals surface area contributed by atoms with E-state index >= 15 is 0 Å². The Kier molecular flexibility index (Phi) is 7.40. The van der Waals surface area contributed by atoms with Crippen LogP contribution in [0, 0.1) is 0 Å². The molecule has 5 rings (SSSR count). The highest BCUT2D eigenvalue weighted by Gasteiger charge is 2.14. The molecule has 0 aliphatic rings. The van der Waals surface area contributed by atoms with Crippen LogP contribution in [0.3, 0.4) is 0 Å². The predicted octanol–water partition coefficient (Wildman–Crippen LogP) is 7.76. The van der Waals surface area contributed by atoms with E-state index in [-0.39, 0.29) is 5.91 Å². The Labute approximate surface area is 227 Å². The van der Waals surface area contributed by atoms with Gasteiger partial charge in [-0.15, -0.1) is 0 Å². The Morgan fingerprint density at radius 2 is 1.65 bits per heavy atom. The number of methoxy groups -OCH3 is 1. The van der Waals surface area contributed by atoms with Gasteiger partial charge in [-0.1, -0.05) is 78.3 Å². The summed E-state index contributed by atoms with van der Waals surface area (Å²) in [4.78, 5) is 12.8. The standard InChI is InChI=1S/C30H22BrClN2O3/c1-36-28-16-22-9-3-2-8-21(22)15-25(28)30(35)34-33-17-19-13-26(31)29(27(32)14-19)37-18-23-11-6-10-20-7-4-5-12-24(20)23/h2-17H,18H2,1H3,(H,34,35)/b33-17-. The molecule has 0 atom stereocenters. The van der Waals surface area contributed by atoms with E-state index in [0.29, 0.717) is 38.7 Å². The van der Waals surface area contributed by atoms with E-state index < -0.39 is 0 Å². The SMILES string of the molecule is COc1cc2ccccc2cc1C(=O)N/N=C\c1cc(Cl)c(OCc2cccc3ccccc23)c(Br)c1. The van der Waals surface area contributed by atoms with Gasteiger partial charge in [0.25, 0.3) is 5.91 Å². The molecule has 0 saturated carbocycles. The summed E-state index contributed by atoms with van der Waals surface area (Å²) in [5, 5.41) is 8.76. The van der Waals surface area contributed by atoms with Crippen molar-refractivity contribution in [3.8, 4) is 11.5 Å². The number of benzene rings is 5. The fourth-order valence-corrected chi connectivity index (χ4v) is 5.14. The molecular weight excluding hydrogens is 552 g/mol. The molecule has 5 aromatic rings. The second-order valence-electron chi connectivity index (χ2n) is 8.34. The Balaban J connectivity index is 1.29. The Bertz CT molecular complexity index is 1620. The number of carbonyl (C=O) groups excluding carboxylic acids is 1. The first-order valence-corrected chi connectivity index (χ1v) is 12.7. The molecule has 0 unspecified atom stereocenters. The van der Waals surface area contributed by atoms with Crippen LogP contribution in [0.5, 0.6) is 11.5 Å². The minimum absolute atomic E-state index is 0.372. The van der Waals surface area contributed by atoms with E-state index in [9.17, 15) is 4.79 Å². The number of fused-ring (bicyclic) bond motifs is 2. The van der Waals surface area contributed by atoms with Gasteiger partial charge >= 0.3 is 0 Å². The van der Waals surface area contributed by atoms with E-state index in [1.165, 1.54) is 13.3 Å². The van der Waals surface area contributed by atoms with Crippen molar-refractivity contribution in [1.82, 2.24) is 5.43 Å². The highest BCUT2D eigenvalue weighted by Crippen LogP contribution is 2.35. The lowest BCUT2D eigenvalue weighted by Crippen LogP contribution is -2.18. The second kappa shape index (κ2) is 11.0. The van der Waals surface area contributed by atoms with Crippen LogP contribution >= 0.6 is 27.5 Å². The van der Waals surface area contributed by atoms with Crippen molar-refractivity contribution in [3.05, 3.63) is 117 Å². The molecule has 0 heterocycles. The zero-order valence-electron chi connectivity index (χ0n) is 19.9. The molecule has 1 N–H and O–H groups in total. The van der Waals surface area contributed by atoms with Gasteiger partial charge < -0.3 is 9.47 Å². The lowest BCUT2D eigenvalue weighted by molar-refractivity contribution is 0.0952. The van der Waals surface area contributed by atoms with Gasteiger partial charge in [-0.2, -0.15) is 5.10 Å². The maximum atomic E-state index is 12.8. The third-order valence-corrected chi connectivity index (χ3v) is 6.83. The molecule has 0 aliphatic carbocycles. The largest absolute Gasteiger partial charge is 0.496 e. The minimum atomic E-state index is -0.376. The summed E-state index contributed by atoms with van der Waals surface area (Å²) in [6.07, 6.45) is 1.52. The van der Waals surface area contributed by atoms with Crippen LogP contribution in [-0.4, -0.2) is 19.2 Å². The number of carbonyl (C=O) groups is 1. The third-order valence-electron chi connectivity index (χ3n) is 5.96. The average molecular weight is 574 g/mol. The second-order valence-corrected chi connectivity index (χ2v) is 9.60. The van der Waals surface area contributed by atoms with E-state index in [2.05, 4.69) is 44.7 Å². The number of hydrazone groups is 1. The Morgan fingerprint density at radius 3 is 2.41 bits per heavy atom. The van der Waals surface area contributed by atoms with Crippen molar-refractivity contribution >= 4 is 61.2 Å². The van der Waals surface area contributed by atoms with E-state index in [1.54, 1.807) is 12.1 Å². The number of halogens is 2. The van der Waals surface area contributed by atoms with Crippen LogP contribution in [0.4, 0.5) is 0 Å². The zero-order chi connectivity index (χ0) is 25.8. The smallest absolute Gasteiger partial charge is 0.275 e. The fourth-order valence-electron chi connectivity index (χ4n) is 4.15. The third kappa shape index (κ3) is 5.45. The molecule has 5 aromatic carbocycles. The lowest BCUT2D eigenvalue weighted by Gasteiger charge is -2.13. The number of ether oxygens (including phenoxy) is 2. The van der Waals surface area contributed by atoms with Gasteiger partial charge in [0.05, 0.1) is 28.4 Å². The molecule has 0 radical (unpaired) electrons. The maximum Gasteiger partial charge on any atom is 0.275 e. The normalized spacial score (nSPS) is 11.2. The molecule has 0 saturated heterocycles. The summed E-state index contributed by atoms with van der Waals surface area (Å²) in [6.45, 7) is 0.372. The lowest BCUT2D eigenvalue weighted by atomic mass is 10.1. The molecule has 37 heavy (non-hydrogen) atoms. The molecule has 1 amide bonds. The van der Waals surface area contributed by atoms with Gasteiger partial charge in [0.1, 0.15) is 12.4 Å². The summed E-state index contributed by atoms with van der Waals surface area (Å²) in [7, 11) is 1.54. The summed E-state index contributed by atoms with van der Waals surface area (Å²) in [6, 6.07) is 29.3. The van der Waals surface area contributed by atoms with Gasteiger partial charge in [-0.3, -0.25) is 4.79 Å². The fraction of sp³-hybridized carbons (Fsp3) is 0.0667. The molecular formula is C30H22BrClN2O3. The molecule has 0 aliphatic heterocycles. The summed E-state index contributed by atoms with van der Waals surface area (Å²) in [5.41, 5.74) is 4.73. The number of nitrogens with one attached hydrogen (secondary N) is 1. The maximum absolute atomic E-state index is 12.8. The molecule has 0 aromatic heterocycles. The van der Waals surface area contributed by atoms with Crippen molar-refractivity contribution in [3.63, 3.8) is 0 Å². The first kappa shape index (κ1) is 24.8. The van der Waals surface area contributed by atoms with Crippen LogP contribution in [0.15, 0.2) is 101 Å². The molecule has 0 spiro atoms. The van der Waals surface area contributed by atoms with Crippen LogP contribution in [-0.2, 0) is 6.61 Å². The molecule has 0 fully saturated rings. The molecule has 5 nitrogen and oxygen atoms in total. The average Bonchev–Trinajstić information content (AvgIpc) is 2.91. The molecule has 0 bridgehead atoms. The predicted molar refractivity (Wildman–Crippen MR) is 153 cm³/mol. The van der Waals surface area contributed by atoms with Gasteiger partial charge in [-0.05, 0) is 72.9 Å². The van der Waals surface area contributed by atoms with Crippen LogP contribution in [0.1, 0.15) is 21.5 Å². The van der Waals surface area contributed by atoms with Gasteiger partial charge in [0, 0.05) is 0 Å². The number of amides is 1. The zero-order valence-corrected chi connectivity index (χ0v) is 22.2. The Hall–Kier alpha value is -3.87. The van der Waals surface area contributed by atoms with Gasteiger partial charge in [0.15, 0.2) is 5.75 Å². The number of nitrogens with zero attached hydrogens (tertiary/aromatic N) is 1. The van der Waals surface area contributed by atoms with Crippen LogP contribution in [0.2, 0.25) is 5.02 Å². The summed E-state index contributed by atoms with van der Waals surface area (Å²) < 4.78 is 12.2. The van der Waals surface area contributed by atoms with Crippen molar-refractivity contribution in [1.29, 1.82) is 0 Å². The van der Waals surface area contributed by atoms with E-state index in [0.717, 1.165) is 27.1 Å². The highest BCUT2D eigenvalue weighted by atomic mass is 79.9. The number of rotatable bonds is 7. The van der Waals surface area contributed by atoms with Gasteiger partial charge in [0.2, 0.25) is 0 Å². The topological polar surface area (TPSA) is 59.9 Å². The van der Waals surface area contributed by atoms with Crippen molar-refractivity contribution in [2.75, 3.05) is 7.11 Å². The first-order chi connectivity index (χ1) is 18.0. The Morgan fingerprint density at radius 1 is 0.946 bits per heavy atom. The molecule has 7 heteroatoms. The van der Waals surface area contributed by atoms with Crippen molar-refractivity contribution < 1.29 is 14.3 Å². The van der Waals surface area contributed by atoms with Gasteiger partial charge in [-0.25, -0.2) is 5.43 Å². The van der Waals surface area contributed by atoms with E-state index in [4.69, 9.17) is 21.1 Å². The number of hydrogen-bond donors (Lipinski definition) is 1. The molecule has 184 valence electrons. The summed E-state index contributed by atoms with van der Waals surface area (Å²) >= 11 is 10.1. The monoisotopic (exact) mass is 572 g/mol. The summed E-state index contributed by atoms with van der Waals surface area (Å²) in [5.74, 6) is 0.639. The minimum Gasteiger partial charge on any atom is -0.496 e. The number of hydrogen-bond acceptors (Lipinski definition) is 4. The van der Waals surface area contributed by atoms with Crippen LogP contribution < -0.4 is 14.9 Å². The quantitative estimate of drug-likeness (QED) is 0.160. The highest BCUT2D eigenvalue weighted by molar-refractivity contribution is 9.10. The van der Waals surface area contributed by atoms with Crippen LogP contribution in [0.25, 0.3) is 21.5 Å². The first-order valence-electron chi connectivity index (χ1n) is 11.5. The van der Waals surface area contributed by atoms with Crippen molar-refractivity contribution in [2.24, 2.45) is 5.10 Å².